The van der Waals surface area contributed by atoms with Crippen molar-refractivity contribution in [3.63, 3.8) is 0 Å². The molecule has 132 valence electrons. The summed E-state index contributed by atoms with van der Waals surface area (Å²) >= 11 is 0. The molecule has 3 aromatic rings. The van der Waals surface area contributed by atoms with Crippen LogP contribution in [0.15, 0.2) is 57.7 Å². The van der Waals surface area contributed by atoms with Crippen LogP contribution in [0.5, 0.6) is 5.75 Å². The predicted molar refractivity (Wildman–Crippen MR) is 101 cm³/mol. The van der Waals surface area contributed by atoms with Gasteiger partial charge in [0, 0.05) is 0 Å². The fourth-order valence-corrected chi connectivity index (χ4v) is 2.52. The van der Waals surface area contributed by atoms with E-state index in [1.54, 1.807) is 6.08 Å². The summed E-state index contributed by atoms with van der Waals surface area (Å²) in [5.41, 5.74) is 0.888. The molecule has 1 heterocycles. The van der Waals surface area contributed by atoms with Crippen LogP contribution in [0.25, 0.3) is 23.1 Å². The van der Waals surface area contributed by atoms with Crippen LogP contribution in [-0.2, 0) is 0 Å². The highest BCUT2D eigenvalue weighted by Crippen LogP contribution is 2.25. The van der Waals surface area contributed by atoms with Crippen molar-refractivity contribution in [1.29, 1.82) is 0 Å². The third-order valence-electron chi connectivity index (χ3n) is 3.70. The van der Waals surface area contributed by atoms with Crippen LogP contribution >= 0.6 is 0 Å². The maximum atomic E-state index is 12.9. The average Bonchev–Trinajstić information content (AvgIpc) is 2.63. The van der Waals surface area contributed by atoms with Crippen molar-refractivity contribution in [2.24, 2.45) is 0 Å². The van der Waals surface area contributed by atoms with Crippen molar-refractivity contribution in [2.45, 2.75) is 20.0 Å². The Morgan fingerprint density at radius 1 is 1.12 bits per heavy atom. The molecule has 5 nitrogen and oxygen atoms in total. The van der Waals surface area contributed by atoms with Crippen LogP contribution in [0.2, 0.25) is 0 Å². The Morgan fingerprint density at radius 2 is 1.85 bits per heavy atom. The second kappa shape index (κ2) is 7.27. The fourth-order valence-electron chi connectivity index (χ4n) is 2.52. The Bertz CT molecular complexity index is 1030. The monoisotopic (exact) mass is 350 g/mol. The largest absolute Gasteiger partial charge is 0.484 e. The summed E-state index contributed by atoms with van der Waals surface area (Å²) in [4.78, 5) is 24.0. The van der Waals surface area contributed by atoms with Crippen molar-refractivity contribution in [3.05, 3.63) is 75.6 Å². The average molecular weight is 350 g/mol. The molecule has 0 saturated heterocycles. The number of carboxylic acids is 1. The molecule has 0 saturated carbocycles. The van der Waals surface area contributed by atoms with Gasteiger partial charge >= 0.3 is 5.97 Å². The van der Waals surface area contributed by atoms with Crippen LogP contribution in [0, 0.1) is 0 Å². The molecule has 0 atom stereocenters. The molecule has 0 amide bonds. The minimum atomic E-state index is -1.11. The first-order valence-electron chi connectivity index (χ1n) is 8.19. The summed E-state index contributed by atoms with van der Waals surface area (Å²) in [6.45, 7) is 3.62. The molecule has 0 aliphatic heterocycles. The second-order valence-corrected chi connectivity index (χ2v) is 6.05. The van der Waals surface area contributed by atoms with Gasteiger partial charge in [-0.1, -0.05) is 36.4 Å². The Balaban J connectivity index is 2.17. The lowest BCUT2D eigenvalue weighted by Gasteiger charge is -2.12. The number of carbonyl (C=O) groups is 1. The van der Waals surface area contributed by atoms with Gasteiger partial charge in [0.2, 0.25) is 11.2 Å². The number of benzene rings is 2. The molecule has 1 N–H and O–H groups in total. The first kappa shape index (κ1) is 17.5. The first-order valence-corrected chi connectivity index (χ1v) is 8.19. The molecular weight excluding hydrogens is 332 g/mol. The summed E-state index contributed by atoms with van der Waals surface area (Å²) in [5.74, 6) is -0.740. The minimum Gasteiger partial charge on any atom is -0.484 e. The Kier molecular flexibility index (Phi) is 4.89. The van der Waals surface area contributed by atoms with Gasteiger partial charge < -0.3 is 14.3 Å². The molecule has 5 heteroatoms. The standard InChI is InChI=1S/C21H18O5/c1-13(2)25-20-18(10-8-14-6-4-3-5-7-14)26-17-11-9-15(21(23)24)12-16(17)19(20)22/h3-13H,1-2H3,(H,23,24). The van der Waals surface area contributed by atoms with Gasteiger partial charge in [-0.2, -0.15) is 0 Å². The molecule has 0 spiro atoms. The lowest BCUT2D eigenvalue weighted by Crippen LogP contribution is -2.15. The van der Waals surface area contributed by atoms with E-state index in [0.29, 0.717) is 11.3 Å². The lowest BCUT2D eigenvalue weighted by molar-refractivity contribution is 0.0697. The van der Waals surface area contributed by atoms with E-state index in [1.165, 1.54) is 18.2 Å². The van der Waals surface area contributed by atoms with Crippen LogP contribution < -0.4 is 10.2 Å². The van der Waals surface area contributed by atoms with Gasteiger partial charge in [-0.15, -0.1) is 0 Å². The quantitative estimate of drug-likeness (QED) is 0.736. The second-order valence-electron chi connectivity index (χ2n) is 6.05. The van der Waals surface area contributed by atoms with Crippen LogP contribution in [-0.4, -0.2) is 17.2 Å². The Hall–Kier alpha value is -3.34. The van der Waals surface area contributed by atoms with E-state index in [1.807, 2.05) is 50.3 Å². The molecule has 0 fully saturated rings. The van der Waals surface area contributed by atoms with Gasteiger partial charge in [0.25, 0.3) is 0 Å². The normalized spacial score (nSPS) is 11.3. The number of aromatic carboxylic acids is 1. The Morgan fingerprint density at radius 3 is 2.50 bits per heavy atom. The summed E-state index contributed by atoms with van der Waals surface area (Å²) in [6.07, 6.45) is 3.27. The van der Waals surface area contributed by atoms with Gasteiger partial charge in [-0.25, -0.2) is 4.79 Å². The number of ether oxygens (including phenoxy) is 1. The first-order chi connectivity index (χ1) is 12.5. The zero-order valence-electron chi connectivity index (χ0n) is 14.4. The van der Waals surface area contributed by atoms with Crippen molar-refractivity contribution < 1.29 is 19.1 Å². The number of carboxylic acid groups (broad SMARTS) is 1. The Labute approximate surface area is 150 Å². The van der Waals surface area contributed by atoms with E-state index < -0.39 is 11.4 Å². The molecule has 0 aliphatic rings. The summed E-state index contributed by atoms with van der Waals surface area (Å²) in [5, 5.41) is 9.32. The van der Waals surface area contributed by atoms with Crippen molar-refractivity contribution in [1.82, 2.24) is 0 Å². The van der Waals surface area contributed by atoms with E-state index >= 15 is 0 Å². The van der Waals surface area contributed by atoms with Gasteiger partial charge in [-0.05, 0) is 43.7 Å². The van der Waals surface area contributed by atoms with Crippen LogP contribution in [0.4, 0.5) is 0 Å². The van der Waals surface area contributed by atoms with E-state index in [4.69, 9.17) is 14.3 Å². The molecule has 0 radical (unpaired) electrons. The van der Waals surface area contributed by atoms with Gasteiger partial charge in [0.1, 0.15) is 5.58 Å². The van der Waals surface area contributed by atoms with E-state index in [0.717, 1.165) is 5.56 Å². The smallest absolute Gasteiger partial charge is 0.335 e. The van der Waals surface area contributed by atoms with Gasteiger partial charge in [0.05, 0.1) is 17.1 Å². The highest BCUT2D eigenvalue weighted by Gasteiger charge is 2.17. The number of hydrogen-bond acceptors (Lipinski definition) is 4. The van der Waals surface area contributed by atoms with Gasteiger partial charge in [0.15, 0.2) is 5.76 Å². The van der Waals surface area contributed by atoms with E-state index in [2.05, 4.69) is 0 Å². The van der Waals surface area contributed by atoms with Gasteiger partial charge in [-0.3, -0.25) is 4.79 Å². The zero-order chi connectivity index (χ0) is 18.7. The highest BCUT2D eigenvalue weighted by atomic mass is 16.5. The van der Waals surface area contributed by atoms with Crippen LogP contribution in [0.3, 0.4) is 0 Å². The zero-order valence-corrected chi connectivity index (χ0v) is 14.4. The summed E-state index contributed by atoms with van der Waals surface area (Å²) in [6, 6.07) is 13.8. The number of hydrogen-bond donors (Lipinski definition) is 1. The van der Waals surface area contributed by atoms with E-state index in [-0.39, 0.29) is 22.8 Å². The topological polar surface area (TPSA) is 76.7 Å². The SMILES string of the molecule is CC(C)Oc1c(C=Cc2ccccc2)oc2ccc(C(=O)O)cc2c1=O. The fraction of sp³-hybridized carbons (Fsp3) is 0.143. The third kappa shape index (κ3) is 3.67. The molecular formula is C21H18O5. The molecule has 26 heavy (non-hydrogen) atoms. The molecule has 0 unspecified atom stereocenters. The molecule has 1 aromatic heterocycles. The molecule has 0 bridgehead atoms. The maximum absolute atomic E-state index is 12.9. The van der Waals surface area contributed by atoms with Crippen molar-refractivity contribution >= 4 is 29.1 Å². The lowest BCUT2D eigenvalue weighted by atomic mass is 10.1. The van der Waals surface area contributed by atoms with Crippen molar-refractivity contribution in [2.75, 3.05) is 0 Å². The minimum absolute atomic E-state index is 0.0212. The van der Waals surface area contributed by atoms with Crippen LogP contribution in [0.1, 0.15) is 35.5 Å². The molecule has 2 aromatic carbocycles. The highest BCUT2D eigenvalue weighted by molar-refractivity contribution is 5.93. The predicted octanol–water partition coefficient (Wildman–Crippen LogP) is 4.45. The maximum Gasteiger partial charge on any atom is 0.335 e. The van der Waals surface area contributed by atoms with E-state index in [9.17, 15) is 9.59 Å². The number of fused-ring (bicyclic) bond motifs is 1. The third-order valence-corrected chi connectivity index (χ3v) is 3.70. The van der Waals surface area contributed by atoms with Crippen molar-refractivity contribution in [3.8, 4) is 5.75 Å². The molecule has 3 rings (SSSR count). The summed E-state index contributed by atoms with van der Waals surface area (Å²) in [7, 11) is 0. The summed E-state index contributed by atoms with van der Waals surface area (Å²) < 4.78 is 11.5. The number of rotatable bonds is 5. The molecule has 0 aliphatic carbocycles.